The lowest BCUT2D eigenvalue weighted by atomic mass is 9.96. The average Bonchev–Trinajstić information content (AvgIpc) is 3.29. The topological polar surface area (TPSA) is 27.6 Å². The Hall–Kier alpha value is -0.780. The Morgan fingerprint density at radius 1 is 1.30 bits per heavy atom. The van der Waals surface area contributed by atoms with Crippen LogP contribution in [0.25, 0.3) is 0 Å². The molecule has 2 aliphatic rings. The standard InChI is InChI=1S/C19H29N3.HI/c1-16-7-6-12-22(14-16)18(20-2)21-15-19(10-11-19)13-17-8-4-3-5-9-17;/h3-5,8-9,16H,6-7,10-15H2,1-2H3,(H,20,21);1H. The van der Waals surface area contributed by atoms with Crippen molar-refractivity contribution in [3.05, 3.63) is 35.9 Å². The quantitative estimate of drug-likeness (QED) is 0.448. The number of rotatable bonds is 4. The summed E-state index contributed by atoms with van der Waals surface area (Å²) >= 11 is 0. The summed E-state index contributed by atoms with van der Waals surface area (Å²) in [6, 6.07) is 10.9. The lowest BCUT2D eigenvalue weighted by molar-refractivity contribution is 0.264. The molecule has 1 aliphatic carbocycles. The van der Waals surface area contributed by atoms with Gasteiger partial charge in [0.25, 0.3) is 0 Å². The molecule has 1 aliphatic heterocycles. The van der Waals surface area contributed by atoms with Crippen LogP contribution in [0.15, 0.2) is 35.3 Å². The fraction of sp³-hybridized carbons (Fsp3) is 0.632. The van der Waals surface area contributed by atoms with E-state index in [0.717, 1.165) is 31.5 Å². The van der Waals surface area contributed by atoms with E-state index in [4.69, 9.17) is 0 Å². The van der Waals surface area contributed by atoms with Crippen LogP contribution in [0.3, 0.4) is 0 Å². The van der Waals surface area contributed by atoms with Crippen molar-refractivity contribution in [2.75, 3.05) is 26.7 Å². The van der Waals surface area contributed by atoms with Gasteiger partial charge in [0.2, 0.25) is 0 Å². The van der Waals surface area contributed by atoms with Gasteiger partial charge in [-0.25, -0.2) is 0 Å². The van der Waals surface area contributed by atoms with Crippen LogP contribution < -0.4 is 5.32 Å². The van der Waals surface area contributed by atoms with E-state index in [1.165, 1.54) is 37.7 Å². The second-order valence-electron chi connectivity index (χ2n) is 7.26. The van der Waals surface area contributed by atoms with Crippen molar-refractivity contribution < 1.29 is 0 Å². The van der Waals surface area contributed by atoms with Crippen LogP contribution in [0, 0.1) is 11.3 Å². The predicted molar refractivity (Wildman–Crippen MR) is 109 cm³/mol. The molecule has 1 unspecified atom stereocenters. The van der Waals surface area contributed by atoms with Crippen molar-refractivity contribution in [2.24, 2.45) is 16.3 Å². The molecule has 0 amide bonds. The molecule has 0 bridgehead atoms. The van der Waals surface area contributed by atoms with Crippen LogP contribution in [-0.2, 0) is 6.42 Å². The van der Waals surface area contributed by atoms with Crippen LogP contribution in [0.5, 0.6) is 0 Å². The fourth-order valence-electron chi connectivity index (χ4n) is 3.60. The van der Waals surface area contributed by atoms with E-state index in [2.05, 4.69) is 52.5 Å². The van der Waals surface area contributed by atoms with Gasteiger partial charge >= 0.3 is 0 Å². The number of aliphatic imine (C=N–C) groups is 1. The summed E-state index contributed by atoms with van der Waals surface area (Å²) in [6.45, 7) is 5.69. The first-order chi connectivity index (χ1) is 10.7. The van der Waals surface area contributed by atoms with E-state index in [-0.39, 0.29) is 24.0 Å². The molecule has 4 heteroatoms. The van der Waals surface area contributed by atoms with Crippen LogP contribution in [0.4, 0.5) is 0 Å². The summed E-state index contributed by atoms with van der Waals surface area (Å²) < 4.78 is 0. The zero-order valence-corrected chi connectivity index (χ0v) is 16.8. The minimum Gasteiger partial charge on any atom is -0.356 e. The molecule has 0 spiro atoms. The van der Waals surface area contributed by atoms with Gasteiger partial charge in [0.1, 0.15) is 0 Å². The van der Waals surface area contributed by atoms with Crippen LogP contribution in [0.2, 0.25) is 0 Å². The Morgan fingerprint density at radius 2 is 2.04 bits per heavy atom. The Balaban J connectivity index is 0.00000192. The maximum atomic E-state index is 4.52. The molecule has 128 valence electrons. The highest BCUT2D eigenvalue weighted by molar-refractivity contribution is 14.0. The molecule has 1 N–H and O–H groups in total. The number of halogens is 1. The van der Waals surface area contributed by atoms with Gasteiger partial charge in [-0.2, -0.15) is 0 Å². The number of hydrogen-bond donors (Lipinski definition) is 1. The summed E-state index contributed by atoms with van der Waals surface area (Å²) in [6.07, 6.45) is 6.50. The third kappa shape index (κ3) is 5.10. The van der Waals surface area contributed by atoms with Crippen molar-refractivity contribution in [3.63, 3.8) is 0 Å². The van der Waals surface area contributed by atoms with E-state index < -0.39 is 0 Å². The third-order valence-corrected chi connectivity index (χ3v) is 5.17. The van der Waals surface area contributed by atoms with Gasteiger partial charge in [-0.05, 0) is 49.0 Å². The minimum atomic E-state index is 0. The smallest absolute Gasteiger partial charge is 0.193 e. The lowest BCUT2D eigenvalue weighted by Gasteiger charge is -2.34. The van der Waals surface area contributed by atoms with Gasteiger partial charge in [-0.15, -0.1) is 24.0 Å². The largest absolute Gasteiger partial charge is 0.356 e. The SMILES string of the molecule is CN=C(NCC1(Cc2ccccc2)CC1)N1CCCC(C)C1.I. The molecule has 1 saturated heterocycles. The van der Waals surface area contributed by atoms with Gasteiger partial charge in [0, 0.05) is 26.7 Å². The second kappa shape index (κ2) is 8.36. The van der Waals surface area contributed by atoms with Gasteiger partial charge in [-0.1, -0.05) is 37.3 Å². The van der Waals surface area contributed by atoms with E-state index in [9.17, 15) is 0 Å². The summed E-state index contributed by atoms with van der Waals surface area (Å²) in [5.41, 5.74) is 1.92. The molecule has 3 nitrogen and oxygen atoms in total. The molecule has 1 aromatic rings. The van der Waals surface area contributed by atoms with E-state index in [0.29, 0.717) is 5.41 Å². The molecule has 3 rings (SSSR count). The summed E-state index contributed by atoms with van der Waals surface area (Å²) in [5.74, 6) is 1.89. The number of piperidine rings is 1. The summed E-state index contributed by atoms with van der Waals surface area (Å²) in [5, 5.41) is 3.66. The maximum absolute atomic E-state index is 4.52. The Kier molecular flexibility index (Phi) is 6.74. The Morgan fingerprint density at radius 3 is 2.65 bits per heavy atom. The zero-order chi connectivity index (χ0) is 15.4. The third-order valence-electron chi connectivity index (χ3n) is 5.17. The second-order valence-corrected chi connectivity index (χ2v) is 7.26. The first-order valence-electron chi connectivity index (χ1n) is 8.70. The molecule has 0 radical (unpaired) electrons. The van der Waals surface area contributed by atoms with Crippen molar-refractivity contribution >= 4 is 29.9 Å². The summed E-state index contributed by atoms with van der Waals surface area (Å²) in [4.78, 5) is 6.95. The number of likely N-dealkylation sites (tertiary alicyclic amines) is 1. The highest BCUT2D eigenvalue weighted by Gasteiger charge is 2.42. The zero-order valence-electron chi connectivity index (χ0n) is 14.4. The molecular weight excluding hydrogens is 397 g/mol. The number of benzene rings is 1. The predicted octanol–water partition coefficient (Wildman–Crippen LogP) is 3.93. The van der Waals surface area contributed by atoms with E-state index >= 15 is 0 Å². The van der Waals surface area contributed by atoms with Gasteiger partial charge < -0.3 is 10.2 Å². The van der Waals surface area contributed by atoms with Crippen LogP contribution in [0.1, 0.15) is 38.2 Å². The Labute approximate surface area is 158 Å². The molecule has 1 saturated carbocycles. The molecule has 23 heavy (non-hydrogen) atoms. The fourth-order valence-corrected chi connectivity index (χ4v) is 3.60. The summed E-state index contributed by atoms with van der Waals surface area (Å²) in [7, 11) is 1.92. The first kappa shape index (κ1) is 18.6. The lowest BCUT2D eigenvalue weighted by Crippen LogP contribution is -2.47. The molecule has 1 heterocycles. The van der Waals surface area contributed by atoms with Gasteiger partial charge in [0.15, 0.2) is 5.96 Å². The van der Waals surface area contributed by atoms with Gasteiger partial charge in [0.05, 0.1) is 0 Å². The number of hydrogen-bond acceptors (Lipinski definition) is 1. The number of guanidine groups is 1. The van der Waals surface area contributed by atoms with Crippen LogP contribution in [-0.4, -0.2) is 37.5 Å². The van der Waals surface area contributed by atoms with Crippen molar-refractivity contribution in [1.29, 1.82) is 0 Å². The van der Waals surface area contributed by atoms with Crippen molar-refractivity contribution in [3.8, 4) is 0 Å². The first-order valence-corrected chi connectivity index (χ1v) is 8.70. The minimum absolute atomic E-state index is 0. The molecular formula is C19H30IN3. The van der Waals surface area contributed by atoms with Crippen molar-refractivity contribution in [1.82, 2.24) is 10.2 Å². The highest BCUT2D eigenvalue weighted by atomic mass is 127. The van der Waals surface area contributed by atoms with Gasteiger partial charge in [-0.3, -0.25) is 4.99 Å². The van der Waals surface area contributed by atoms with E-state index in [1.54, 1.807) is 0 Å². The number of nitrogens with one attached hydrogen (secondary N) is 1. The highest BCUT2D eigenvalue weighted by Crippen LogP contribution is 2.47. The molecule has 2 fully saturated rings. The Bertz CT molecular complexity index is 511. The average molecular weight is 427 g/mol. The molecule has 1 atom stereocenters. The van der Waals surface area contributed by atoms with Crippen molar-refractivity contribution in [2.45, 2.75) is 39.0 Å². The normalized spacial score (nSPS) is 23.1. The molecule has 1 aromatic carbocycles. The van der Waals surface area contributed by atoms with Crippen LogP contribution >= 0.6 is 24.0 Å². The monoisotopic (exact) mass is 427 g/mol. The number of nitrogens with zero attached hydrogens (tertiary/aromatic N) is 2. The maximum Gasteiger partial charge on any atom is 0.193 e. The van der Waals surface area contributed by atoms with E-state index in [1.807, 2.05) is 7.05 Å². The molecule has 0 aromatic heterocycles.